The van der Waals surface area contributed by atoms with Gasteiger partial charge in [-0.2, -0.15) is 0 Å². The van der Waals surface area contributed by atoms with E-state index < -0.39 is 24.3 Å². The summed E-state index contributed by atoms with van der Waals surface area (Å²) in [6, 6.07) is 0. The van der Waals surface area contributed by atoms with Gasteiger partial charge < -0.3 is 14.7 Å². The molecule has 0 aromatic heterocycles. The summed E-state index contributed by atoms with van der Waals surface area (Å²) < 4.78 is 18.2. The first-order valence-electron chi connectivity index (χ1n) is 4.70. The van der Waals surface area contributed by atoms with Gasteiger partial charge >= 0.3 is 0 Å². The van der Waals surface area contributed by atoms with Crippen molar-refractivity contribution in [3.63, 3.8) is 0 Å². The molecule has 0 radical (unpaired) electrons. The molecule has 1 fully saturated rings. The summed E-state index contributed by atoms with van der Waals surface area (Å²) in [7, 11) is 1.46. The Balaban J connectivity index is 2.50. The molecule has 0 aromatic carbocycles. The number of hydrogen-bond donors (Lipinski definition) is 1. The van der Waals surface area contributed by atoms with Gasteiger partial charge in [-0.15, -0.1) is 0 Å². The van der Waals surface area contributed by atoms with Crippen LogP contribution in [-0.4, -0.2) is 54.5 Å². The standard InChI is InChI=1S/C9H16FNO3/c1-6(12)9(13)11-4-3-8(14-2)7(10)5-11/h6-8,12H,3-5H2,1-2H3/t6-,7+,8?/m0/s1. The number of ether oxygens (including phenoxy) is 1. The molecule has 1 rings (SSSR count). The van der Waals surface area contributed by atoms with E-state index in [2.05, 4.69) is 0 Å². The molecular weight excluding hydrogens is 189 g/mol. The highest BCUT2D eigenvalue weighted by molar-refractivity contribution is 5.80. The lowest BCUT2D eigenvalue weighted by atomic mass is 10.1. The molecular formula is C9H16FNO3. The van der Waals surface area contributed by atoms with Crippen molar-refractivity contribution in [2.24, 2.45) is 0 Å². The molecule has 1 amide bonds. The molecule has 0 saturated carbocycles. The minimum atomic E-state index is -1.16. The lowest BCUT2D eigenvalue weighted by Gasteiger charge is -2.34. The summed E-state index contributed by atoms with van der Waals surface area (Å²) in [6.45, 7) is 1.85. The Morgan fingerprint density at radius 1 is 1.71 bits per heavy atom. The topological polar surface area (TPSA) is 49.8 Å². The fourth-order valence-electron chi connectivity index (χ4n) is 1.61. The second-order valence-corrected chi connectivity index (χ2v) is 3.54. The number of carbonyl (C=O) groups excluding carboxylic acids is 1. The van der Waals surface area contributed by atoms with Crippen LogP contribution in [0.2, 0.25) is 0 Å². The highest BCUT2D eigenvalue weighted by atomic mass is 19.1. The van der Waals surface area contributed by atoms with Gasteiger partial charge in [0.1, 0.15) is 12.3 Å². The van der Waals surface area contributed by atoms with Crippen LogP contribution in [0.5, 0.6) is 0 Å². The van der Waals surface area contributed by atoms with Crippen LogP contribution in [0.15, 0.2) is 0 Å². The average molecular weight is 205 g/mol. The monoisotopic (exact) mass is 205 g/mol. The molecule has 1 saturated heterocycles. The van der Waals surface area contributed by atoms with Crippen molar-refractivity contribution in [3.8, 4) is 0 Å². The molecule has 0 aliphatic carbocycles. The molecule has 0 bridgehead atoms. The molecule has 1 unspecified atom stereocenters. The normalized spacial score (nSPS) is 30.1. The molecule has 0 spiro atoms. The lowest BCUT2D eigenvalue weighted by Crippen LogP contribution is -2.50. The zero-order chi connectivity index (χ0) is 10.7. The molecule has 1 aliphatic rings. The first kappa shape index (κ1) is 11.4. The first-order chi connectivity index (χ1) is 6.56. The number of halogens is 1. The lowest BCUT2D eigenvalue weighted by molar-refractivity contribution is -0.144. The van der Waals surface area contributed by atoms with E-state index in [-0.39, 0.29) is 6.54 Å². The van der Waals surface area contributed by atoms with E-state index in [1.165, 1.54) is 18.9 Å². The van der Waals surface area contributed by atoms with Crippen molar-refractivity contribution in [1.82, 2.24) is 4.90 Å². The third-order valence-corrected chi connectivity index (χ3v) is 2.45. The Morgan fingerprint density at radius 3 is 2.79 bits per heavy atom. The minimum absolute atomic E-state index is 0.0161. The zero-order valence-electron chi connectivity index (χ0n) is 8.44. The van der Waals surface area contributed by atoms with Gasteiger partial charge in [0, 0.05) is 13.7 Å². The number of aliphatic hydroxyl groups excluding tert-OH is 1. The zero-order valence-corrected chi connectivity index (χ0v) is 8.44. The van der Waals surface area contributed by atoms with Crippen LogP contribution >= 0.6 is 0 Å². The molecule has 82 valence electrons. The van der Waals surface area contributed by atoms with Crippen LogP contribution in [0.1, 0.15) is 13.3 Å². The fourth-order valence-corrected chi connectivity index (χ4v) is 1.61. The predicted octanol–water partition coefficient (Wildman–Crippen LogP) is -0.0474. The van der Waals surface area contributed by atoms with Gasteiger partial charge in [-0.05, 0) is 13.3 Å². The SMILES string of the molecule is COC1CCN(C(=O)[C@H](C)O)C[C@H]1F. The third kappa shape index (κ3) is 2.42. The summed E-state index contributed by atoms with van der Waals surface area (Å²) in [5.74, 6) is -0.415. The van der Waals surface area contributed by atoms with Crippen molar-refractivity contribution in [2.75, 3.05) is 20.2 Å². The molecule has 14 heavy (non-hydrogen) atoms. The summed E-state index contributed by atoms with van der Waals surface area (Å²) >= 11 is 0. The smallest absolute Gasteiger partial charge is 0.251 e. The number of piperidine rings is 1. The van der Waals surface area contributed by atoms with E-state index in [4.69, 9.17) is 9.84 Å². The van der Waals surface area contributed by atoms with Crippen LogP contribution in [0.4, 0.5) is 4.39 Å². The van der Waals surface area contributed by atoms with Gasteiger partial charge in [0.2, 0.25) is 0 Å². The van der Waals surface area contributed by atoms with E-state index >= 15 is 0 Å². The maximum absolute atomic E-state index is 13.3. The fraction of sp³-hybridized carbons (Fsp3) is 0.889. The van der Waals surface area contributed by atoms with E-state index in [0.29, 0.717) is 13.0 Å². The molecule has 5 heteroatoms. The summed E-state index contributed by atoms with van der Waals surface area (Å²) in [6.07, 6.45) is -2.15. The Morgan fingerprint density at radius 2 is 2.36 bits per heavy atom. The van der Waals surface area contributed by atoms with Crippen LogP contribution in [0, 0.1) is 0 Å². The van der Waals surface area contributed by atoms with Crippen molar-refractivity contribution in [3.05, 3.63) is 0 Å². The number of rotatable bonds is 2. The van der Waals surface area contributed by atoms with E-state index in [9.17, 15) is 9.18 Å². The summed E-state index contributed by atoms with van der Waals surface area (Å²) in [5.41, 5.74) is 0. The number of alkyl halides is 1. The highest BCUT2D eigenvalue weighted by Gasteiger charge is 2.32. The number of nitrogens with zero attached hydrogens (tertiary/aromatic N) is 1. The first-order valence-corrected chi connectivity index (χ1v) is 4.70. The van der Waals surface area contributed by atoms with Crippen LogP contribution in [0.25, 0.3) is 0 Å². The molecule has 1 N–H and O–H groups in total. The van der Waals surface area contributed by atoms with Crippen molar-refractivity contribution in [2.45, 2.75) is 31.7 Å². The van der Waals surface area contributed by atoms with Gasteiger partial charge in [-0.1, -0.05) is 0 Å². The van der Waals surface area contributed by atoms with Gasteiger partial charge in [-0.25, -0.2) is 4.39 Å². The van der Waals surface area contributed by atoms with Crippen LogP contribution in [0.3, 0.4) is 0 Å². The third-order valence-electron chi connectivity index (χ3n) is 2.45. The van der Waals surface area contributed by atoms with Gasteiger partial charge in [0.15, 0.2) is 0 Å². The number of likely N-dealkylation sites (tertiary alicyclic amines) is 1. The summed E-state index contributed by atoms with van der Waals surface area (Å²) in [5, 5.41) is 9.04. The molecule has 3 atom stereocenters. The maximum Gasteiger partial charge on any atom is 0.251 e. The predicted molar refractivity (Wildman–Crippen MR) is 48.6 cm³/mol. The van der Waals surface area contributed by atoms with Gasteiger partial charge in [0.05, 0.1) is 12.6 Å². The minimum Gasteiger partial charge on any atom is -0.384 e. The molecule has 1 heterocycles. The molecule has 4 nitrogen and oxygen atoms in total. The molecule has 0 aromatic rings. The van der Waals surface area contributed by atoms with Gasteiger partial charge in [-0.3, -0.25) is 4.79 Å². The van der Waals surface area contributed by atoms with Crippen molar-refractivity contribution in [1.29, 1.82) is 0 Å². The number of aliphatic hydroxyl groups is 1. The van der Waals surface area contributed by atoms with Crippen LogP contribution in [-0.2, 0) is 9.53 Å². The Labute approximate surface area is 82.6 Å². The van der Waals surface area contributed by atoms with Gasteiger partial charge in [0.25, 0.3) is 5.91 Å². The number of methoxy groups -OCH3 is 1. The van der Waals surface area contributed by atoms with E-state index in [1.807, 2.05) is 0 Å². The summed E-state index contributed by atoms with van der Waals surface area (Å²) in [4.78, 5) is 12.6. The van der Waals surface area contributed by atoms with E-state index in [1.54, 1.807) is 0 Å². The van der Waals surface area contributed by atoms with Crippen LogP contribution < -0.4 is 0 Å². The van der Waals surface area contributed by atoms with E-state index in [0.717, 1.165) is 0 Å². The second-order valence-electron chi connectivity index (χ2n) is 3.54. The maximum atomic E-state index is 13.3. The largest absolute Gasteiger partial charge is 0.384 e. The second kappa shape index (κ2) is 4.70. The number of amides is 1. The average Bonchev–Trinajstić information content (AvgIpc) is 2.16. The van der Waals surface area contributed by atoms with Crippen molar-refractivity contribution >= 4 is 5.91 Å². The molecule has 1 aliphatic heterocycles. The Hall–Kier alpha value is -0.680. The Kier molecular flexibility index (Phi) is 3.83. The quantitative estimate of drug-likeness (QED) is 0.687. The Bertz CT molecular complexity index is 210. The number of hydrogen-bond acceptors (Lipinski definition) is 3. The highest BCUT2D eigenvalue weighted by Crippen LogP contribution is 2.17. The number of carbonyl (C=O) groups is 1. The van der Waals surface area contributed by atoms with Crippen molar-refractivity contribution < 1.29 is 19.0 Å².